The Bertz CT molecular complexity index is 1210. The van der Waals surface area contributed by atoms with Gasteiger partial charge in [0.05, 0.1) is 41.9 Å². The monoisotopic (exact) mass is 715 g/mol. The van der Waals surface area contributed by atoms with Gasteiger partial charge in [-0.05, 0) is 81.0 Å². The van der Waals surface area contributed by atoms with Crippen molar-refractivity contribution in [3.63, 3.8) is 0 Å². The molecule has 50 heavy (non-hydrogen) atoms. The van der Waals surface area contributed by atoms with E-state index in [2.05, 4.69) is 0 Å². The van der Waals surface area contributed by atoms with Crippen molar-refractivity contribution < 1.29 is 58.4 Å². The van der Waals surface area contributed by atoms with Gasteiger partial charge < -0.3 is 58.5 Å². The molecule has 4 rings (SSSR count). The molecule has 0 spiro atoms. The van der Waals surface area contributed by atoms with Gasteiger partial charge in [-0.25, -0.2) is 0 Å². The van der Waals surface area contributed by atoms with Crippen LogP contribution in [0.4, 0.5) is 0 Å². The topological polar surface area (TPSA) is 166 Å². The Kier molecular flexibility index (Phi) is 12.8. The smallest absolute Gasteiger partial charge is 0.311 e. The quantitative estimate of drug-likeness (QED) is 0.258. The van der Waals surface area contributed by atoms with E-state index in [1.165, 1.54) is 14.0 Å². The van der Waals surface area contributed by atoms with E-state index in [9.17, 15) is 25.2 Å². The van der Waals surface area contributed by atoms with Gasteiger partial charge in [0, 0.05) is 31.9 Å². The number of aliphatic hydroxyl groups excluding tert-OH is 3. The SMILES string of the molecule is CC[C@@H](O)[C@@](C)(O)[C@@H]1OC(=O)[C@H](C)[C@@H](O[C@H]2C[C@](C)(OC)[C@@H](O)C(C)O2)[C@H](C)[C@@H](O[C@@H]2OC(C)CC(N(C)C)[C@@H]2O)[C@@]2(C)CC(C)=C(O2)[C@@H]1C. The summed E-state index contributed by atoms with van der Waals surface area (Å²) in [6, 6.07) is -0.223. The average Bonchev–Trinajstić information content (AvgIpc) is 3.36. The molecule has 2 bridgehead atoms. The van der Waals surface area contributed by atoms with E-state index in [4.69, 9.17) is 33.2 Å². The first kappa shape index (κ1) is 41.4. The van der Waals surface area contributed by atoms with E-state index in [0.717, 1.165) is 5.57 Å². The molecule has 3 saturated heterocycles. The minimum Gasteiger partial charge on any atom is -0.488 e. The Hall–Kier alpha value is -1.39. The maximum absolute atomic E-state index is 14.3. The maximum Gasteiger partial charge on any atom is 0.311 e. The Balaban J connectivity index is 1.83. The summed E-state index contributed by atoms with van der Waals surface area (Å²) in [5.41, 5.74) is -2.95. The number of hydrogen-bond acceptors (Lipinski definition) is 13. The molecule has 0 aromatic heterocycles. The van der Waals surface area contributed by atoms with Crippen LogP contribution < -0.4 is 0 Å². The van der Waals surface area contributed by atoms with Crippen molar-refractivity contribution in [3.05, 3.63) is 11.3 Å². The molecule has 3 fully saturated rings. The third-order valence-corrected chi connectivity index (χ3v) is 11.9. The number of nitrogens with zero attached hydrogens (tertiary/aromatic N) is 1. The zero-order valence-corrected chi connectivity index (χ0v) is 32.4. The summed E-state index contributed by atoms with van der Waals surface area (Å²) in [5.74, 6) is -2.26. The second-order valence-corrected chi connectivity index (χ2v) is 16.3. The zero-order valence-electron chi connectivity index (χ0n) is 32.4. The molecule has 0 amide bonds. The molecule has 4 heterocycles. The normalized spacial score (nSPS) is 46.5. The van der Waals surface area contributed by atoms with Crippen LogP contribution in [0.1, 0.15) is 94.9 Å². The molecule has 4 aliphatic rings. The lowest BCUT2D eigenvalue weighted by atomic mass is 9.78. The van der Waals surface area contributed by atoms with Crippen molar-refractivity contribution in [3.8, 4) is 0 Å². The fourth-order valence-corrected chi connectivity index (χ4v) is 8.73. The van der Waals surface area contributed by atoms with Crippen LogP contribution in [0, 0.1) is 17.8 Å². The molecular weight excluding hydrogens is 650 g/mol. The lowest BCUT2D eigenvalue weighted by molar-refractivity contribution is -0.316. The number of fused-ring (bicyclic) bond motifs is 2. The van der Waals surface area contributed by atoms with Crippen molar-refractivity contribution in [2.75, 3.05) is 21.2 Å². The van der Waals surface area contributed by atoms with Crippen LogP contribution in [0.5, 0.6) is 0 Å². The number of carbonyl (C=O) groups is 1. The van der Waals surface area contributed by atoms with E-state index in [1.54, 1.807) is 27.7 Å². The molecule has 17 atom stereocenters. The second kappa shape index (κ2) is 15.5. The predicted molar refractivity (Wildman–Crippen MR) is 184 cm³/mol. The van der Waals surface area contributed by atoms with Crippen LogP contribution in [0.2, 0.25) is 0 Å². The fraction of sp³-hybridized carbons (Fsp3) is 0.919. The van der Waals surface area contributed by atoms with Gasteiger partial charge in [-0.15, -0.1) is 0 Å². The molecule has 0 aromatic rings. The highest BCUT2D eigenvalue weighted by Gasteiger charge is 2.57. The Morgan fingerprint density at radius 3 is 2.28 bits per heavy atom. The van der Waals surface area contributed by atoms with Crippen molar-refractivity contribution in [1.29, 1.82) is 0 Å². The highest BCUT2D eigenvalue weighted by atomic mass is 16.7. The van der Waals surface area contributed by atoms with Crippen molar-refractivity contribution in [2.24, 2.45) is 17.8 Å². The molecule has 4 N–H and O–H groups in total. The summed E-state index contributed by atoms with van der Waals surface area (Å²) in [5, 5.41) is 45.2. The average molecular weight is 716 g/mol. The molecule has 0 aromatic carbocycles. The Morgan fingerprint density at radius 1 is 1.06 bits per heavy atom. The largest absolute Gasteiger partial charge is 0.488 e. The van der Waals surface area contributed by atoms with Crippen molar-refractivity contribution in [2.45, 2.75) is 179 Å². The maximum atomic E-state index is 14.3. The number of carbonyl (C=O) groups excluding carboxylic acids is 1. The second-order valence-electron chi connectivity index (χ2n) is 16.3. The minimum absolute atomic E-state index is 0.174. The standard InChI is InChI=1S/C37H65NO12/c1-14-25(39)37(10,43)32-20(4)28-18(2)16-36(9,50-28)31(49-34-27(40)24(38(11)12)15-19(3)45-34)21(5)29(22(6)33(42)48-32)47-26-17-35(8,44-13)30(41)23(7)46-26/h19-27,29-32,34,39-41,43H,14-17H2,1-13H3/t19?,20-,21-,22+,23?,24?,25+,26-,27-,29-,30-,31+,32+,34-,35-,36+,37+/m0/s1. The molecule has 13 nitrogen and oxygen atoms in total. The molecule has 13 heteroatoms. The molecule has 3 unspecified atom stereocenters. The molecule has 290 valence electrons. The number of methoxy groups -OCH3 is 1. The molecular formula is C37H65NO12. The molecule has 0 radical (unpaired) electrons. The van der Waals surface area contributed by atoms with Crippen molar-refractivity contribution in [1.82, 2.24) is 4.90 Å². The van der Waals surface area contributed by atoms with E-state index < -0.39 is 95.8 Å². The van der Waals surface area contributed by atoms with Gasteiger partial charge in [0.15, 0.2) is 12.6 Å². The first-order chi connectivity index (χ1) is 23.1. The van der Waals surface area contributed by atoms with Crippen LogP contribution in [0.25, 0.3) is 0 Å². The van der Waals surface area contributed by atoms with Gasteiger partial charge in [0.25, 0.3) is 0 Å². The number of likely N-dealkylation sites (N-methyl/N-ethyl adjacent to an activating group) is 1. The molecule has 0 saturated carbocycles. The number of ether oxygens (including phenoxy) is 7. The van der Waals surface area contributed by atoms with Gasteiger partial charge in [0.1, 0.15) is 41.4 Å². The van der Waals surface area contributed by atoms with Crippen LogP contribution in [-0.4, -0.2) is 137 Å². The summed E-state index contributed by atoms with van der Waals surface area (Å²) in [4.78, 5) is 16.2. The highest BCUT2D eigenvalue weighted by molar-refractivity contribution is 5.73. The number of cyclic esters (lactones) is 1. The van der Waals surface area contributed by atoms with E-state index >= 15 is 0 Å². The third kappa shape index (κ3) is 7.93. The van der Waals surface area contributed by atoms with Gasteiger partial charge >= 0.3 is 5.97 Å². The van der Waals surface area contributed by atoms with Crippen LogP contribution in [-0.2, 0) is 38.0 Å². The van der Waals surface area contributed by atoms with E-state index in [-0.39, 0.29) is 25.0 Å². The van der Waals surface area contributed by atoms with E-state index in [0.29, 0.717) is 18.6 Å². The molecule has 0 aliphatic carbocycles. The number of aliphatic hydroxyl groups is 4. The summed E-state index contributed by atoms with van der Waals surface area (Å²) in [6.45, 7) is 18.0. The Labute approximate surface area is 298 Å². The summed E-state index contributed by atoms with van der Waals surface area (Å²) < 4.78 is 44.8. The summed E-state index contributed by atoms with van der Waals surface area (Å²) >= 11 is 0. The fourth-order valence-electron chi connectivity index (χ4n) is 8.73. The van der Waals surface area contributed by atoms with Gasteiger partial charge in [-0.2, -0.15) is 0 Å². The first-order valence-corrected chi connectivity index (χ1v) is 18.3. The van der Waals surface area contributed by atoms with Gasteiger partial charge in [-0.1, -0.05) is 20.8 Å². The van der Waals surface area contributed by atoms with Crippen LogP contribution in [0.3, 0.4) is 0 Å². The van der Waals surface area contributed by atoms with E-state index in [1.807, 2.05) is 53.6 Å². The lowest BCUT2D eigenvalue weighted by Crippen LogP contribution is -2.60. The first-order valence-electron chi connectivity index (χ1n) is 18.3. The minimum atomic E-state index is -1.82. The zero-order chi connectivity index (χ0) is 37.7. The van der Waals surface area contributed by atoms with Gasteiger partial charge in [0.2, 0.25) is 0 Å². The van der Waals surface area contributed by atoms with Crippen LogP contribution in [0.15, 0.2) is 11.3 Å². The van der Waals surface area contributed by atoms with Crippen LogP contribution >= 0.6 is 0 Å². The molecule has 4 aliphatic heterocycles. The summed E-state index contributed by atoms with van der Waals surface area (Å²) in [6.07, 6.45) is -7.24. The Morgan fingerprint density at radius 2 is 1.70 bits per heavy atom. The number of hydrogen-bond donors (Lipinski definition) is 4. The lowest BCUT2D eigenvalue weighted by Gasteiger charge is -2.48. The highest BCUT2D eigenvalue weighted by Crippen LogP contribution is 2.48. The summed E-state index contributed by atoms with van der Waals surface area (Å²) in [7, 11) is 5.35. The van der Waals surface area contributed by atoms with Gasteiger partial charge in [-0.3, -0.25) is 4.79 Å². The number of esters is 1. The third-order valence-electron chi connectivity index (χ3n) is 11.9. The predicted octanol–water partition coefficient (Wildman–Crippen LogP) is 2.89. The number of rotatable bonds is 9. The van der Waals surface area contributed by atoms with Crippen molar-refractivity contribution >= 4 is 5.97 Å².